The molecule has 0 N–H and O–H groups in total. The van der Waals surface area contributed by atoms with Crippen molar-refractivity contribution in [1.82, 2.24) is 28.1 Å². The van der Waals surface area contributed by atoms with E-state index in [1.165, 1.54) is 8.61 Å². The maximum absolute atomic E-state index is 12.4. The number of aromatic nitrogens is 4. The minimum atomic E-state index is -3.40. The van der Waals surface area contributed by atoms with E-state index in [1.807, 2.05) is 18.5 Å². The molecule has 2 aromatic heterocycles. The molecule has 0 amide bonds. The van der Waals surface area contributed by atoms with E-state index < -0.39 is 10.2 Å². The number of piperidine rings is 1. The van der Waals surface area contributed by atoms with Crippen molar-refractivity contribution in [2.75, 3.05) is 27.2 Å². The molecule has 1 aliphatic rings. The smallest absolute Gasteiger partial charge is 0.281 e. The van der Waals surface area contributed by atoms with Gasteiger partial charge in [-0.1, -0.05) is 0 Å². The van der Waals surface area contributed by atoms with Gasteiger partial charge in [-0.3, -0.25) is 4.98 Å². The van der Waals surface area contributed by atoms with E-state index in [9.17, 15) is 8.42 Å². The topological polar surface area (TPSA) is 84.2 Å². The number of aryl methyl sites for hydroxylation is 1. The van der Waals surface area contributed by atoms with E-state index in [1.54, 1.807) is 32.7 Å². The van der Waals surface area contributed by atoms with Crippen molar-refractivity contribution in [3.63, 3.8) is 0 Å². The van der Waals surface area contributed by atoms with Gasteiger partial charge in [-0.15, -0.1) is 0 Å². The van der Waals surface area contributed by atoms with Gasteiger partial charge in [0.25, 0.3) is 10.2 Å². The van der Waals surface area contributed by atoms with Crippen LogP contribution >= 0.6 is 0 Å². The molecule has 0 aromatic carbocycles. The fourth-order valence-electron chi connectivity index (χ4n) is 3.07. The molecule has 0 unspecified atom stereocenters. The molecule has 3 heterocycles. The van der Waals surface area contributed by atoms with Crippen LogP contribution in [0.3, 0.4) is 0 Å². The van der Waals surface area contributed by atoms with Gasteiger partial charge in [0, 0.05) is 46.3 Å². The van der Waals surface area contributed by atoms with E-state index in [2.05, 4.69) is 9.97 Å². The summed E-state index contributed by atoms with van der Waals surface area (Å²) in [7, 11) is 1.66. The first kappa shape index (κ1) is 18.0. The van der Waals surface area contributed by atoms with Gasteiger partial charge in [-0.05, 0) is 19.8 Å². The number of rotatable bonds is 4. The van der Waals surface area contributed by atoms with Gasteiger partial charge in [0.05, 0.1) is 23.8 Å². The molecule has 1 aliphatic heterocycles. The Hall–Kier alpha value is -1.84. The van der Waals surface area contributed by atoms with E-state index in [-0.39, 0.29) is 5.92 Å². The van der Waals surface area contributed by atoms with Gasteiger partial charge in [-0.2, -0.15) is 17.0 Å². The van der Waals surface area contributed by atoms with E-state index in [0.29, 0.717) is 13.1 Å². The summed E-state index contributed by atoms with van der Waals surface area (Å²) in [6.07, 6.45) is 6.96. The minimum Gasteiger partial charge on any atom is -0.330 e. The quantitative estimate of drug-likeness (QED) is 0.813. The second kappa shape index (κ2) is 6.81. The Kier molecular flexibility index (Phi) is 4.90. The molecule has 8 nitrogen and oxygen atoms in total. The predicted molar refractivity (Wildman–Crippen MR) is 95.1 cm³/mol. The molecule has 136 valence electrons. The first-order valence-corrected chi connectivity index (χ1v) is 9.68. The third-order valence-electron chi connectivity index (χ3n) is 4.73. The molecule has 1 fully saturated rings. The van der Waals surface area contributed by atoms with Crippen molar-refractivity contribution in [3.8, 4) is 11.4 Å². The van der Waals surface area contributed by atoms with Gasteiger partial charge in [0.1, 0.15) is 11.5 Å². The van der Waals surface area contributed by atoms with Crippen molar-refractivity contribution in [2.24, 2.45) is 7.05 Å². The van der Waals surface area contributed by atoms with Crippen LogP contribution in [0.2, 0.25) is 0 Å². The average Bonchev–Trinajstić information content (AvgIpc) is 2.94. The molecule has 25 heavy (non-hydrogen) atoms. The molecular weight excluding hydrogens is 340 g/mol. The van der Waals surface area contributed by atoms with Crippen LogP contribution in [-0.2, 0) is 17.3 Å². The number of imidazole rings is 1. The van der Waals surface area contributed by atoms with Crippen molar-refractivity contribution in [1.29, 1.82) is 0 Å². The van der Waals surface area contributed by atoms with Gasteiger partial charge in [0.2, 0.25) is 0 Å². The first-order valence-electron chi connectivity index (χ1n) is 8.29. The largest absolute Gasteiger partial charge is 0.330 e. The third kappa shape index (κ3) is 3.44. The molecular formula is C16H24N6O2S. The SMILES string of the molecule is Cc1ncc(-c2cncc([C@@H]3CCCN(S(=O)(=O)N(C)C)C3)n2)n1C. The molecule has 1 atom stereocenters. The predicted octanol–water partition coefficient (Wildman–Crippen LogP) is 1.17. The van der Waals surface area contributed by atoms with Gasteiger partial charge >= 0.3 is 0 Å². The highest BCUT2D eigenvalue weighted by molar-refractivity contribution is 7.86. The van der Waals surface area contributed by atoms with Crippen LogP contribution in [0.5, 0.6) is 0 Å². The second-order valence-electron chi connectivity index (χ2n) is 6.57. The fourth-order valence-corrected chi connectivity index (χ4v) is 4.26. The molecule has 0 aliphatic carbocycles. The van der Waals surface area contributed by atoms with Crippen LogP contribution in [0.1, 0.15) is 30.3 Å². The molecule has 0 saturated carbocycles. The molecule has 9 heteroatoms. The highest BCUT2D eigenvalue weighted by Gasteiger charge is 2.31. The van der Waals surface area contributed by atoms with Gasteiger partial charge < -0.3 is 4.57 Å². The van der Waals surface area contributed by atoms with Gasteiger partial charge in [0.15, 0.2) is 0 Å². The zero-order valence-corrected chi connectivity index (χ0v) is 15.9. The molecule has 2 aromatic rings. The van der Waals surface area contributed by atoms with Crippen LogP contribution < -0.4 is 0 Å². The lowest BCUT2D eigenvalue weighted by atomic mass is 9.96. The number of hydrogen-bond donors (Lipinski definition) is 0. The molecule has 0 spiro atoms. The maximum Gasteiger partial charge on any atom is 0.281 e. The highest BCUT2D eigenvalue weighted by atomic mass is 32.2. The Balaban J connectivity index is 1.87. The minimum absolute atomic E-state index is 0.0465. The summed E-state index contributed by atoms with van der Waals surface area (Å²) in [6.45, 7) is 2.92. The van der Waals surface area contributed by atoms with Crippen LogP contribution in [0.15, 0.2) is 18.6 Å². The maximum atomic E-state index is 12.4. The zero-order chi connectivity index (χ0) is 18.2. The Morgan fingerprint density at radius 3 is 2.64 bits per heavy atom. The van der Waals surface area contributed by atoms with Gasteiger partial charge in [-0.25, -0.2) is 9.97 Å². The lowest BCUT2D eigenvalue weighted by Crippen LogP contribution is -2.45. The summed E-state index contributed by atoms with van der Waals surface area (Å²) in [4.78, 5) is 13.4. The summed E-state index contributed by atoms with van der Waals surface area (Å²) in [5.41, 5.74) is 2.49. The van der Waals surface area contributed by atoms with E-state index in [0.717, 1.165) is 35.7 Å². The third-order valence-corrected chi connectivity index (χ3v) is 6.63. The van der Waals surface area contributed by atoms with Crippen LogP contribution in [0.4, 0.5) is 0 Å². The fraction of sp³-hybridized carbons (Fsp3) is 0.562. The summed E-state index contributed by atoms with van der Waals surface area (Å²) in [5, 5.41) is 0. The monoisotopic (exact) mass is 364 g/mol. The summed E-state index contributed by atoms with van der Waals surface area (Å²) in [6, 6.07) is 0. The normalized spacial score (nSPS) is 19.5. The Morgan fingerprint density at radius 1 is 1.24 bits per heavy atom. The van der Waals surface area contributed by atoms with E-state index >= 15 is 0 Å². The standard InChI is InChI=1S/C16H24N6O2S/c1-12-18-10-16(21(12)4)15-9-17-8-14(19-15)13-6-5-7-22(11-13)25(23,24)20(2)3/h8-10,13H,5-7,11H2,1-4H3/t13-/m1/s1. The van der Waals surface area contributed by atoms with Crippen LogP contribution in [0.25, 0.3) is 11.4 Å². The highest BCUT2D eigenvalue weighted by Crippen LogP contribution is 2.28. The summed E-state index contributed by atoms with van der Waals surface area (Å²) in [5.74, 6) is 0.952. The molecule has 3 rings (SSSR count). The van der Waals surface area contributed by atoms with Crippen LogP contribution in [0, 0.1) is 6.92 Å². The summed E-state index contributed by atoms with van der Waals surface area (Å²) >= 11 is 0. The number of nitrogens with zero attached hydrogens (tertiary/aromatic N) is 6. The second-order valence-corrected chi connectivity index (χ2v) is 8.71. The van der Waals surface area contributed by atoms with Crippen LogP contribution in [-0.4, -0.2) is 63.7 Å². The molecule has 1 saturated heterocycles. The Morgan fingerprint density at radius 2 is 2.00 bits per heavy atom. The summed E-state index contributed by atoms with van der Waals surface area (Å²) < 4.78 is 29.6. The average molecular weight is 364 g/mol. The van der Waals surface area contributed by atoms with Crippen molar-refractivity contribution < 1.29 is 8.42 Å². The van der Waals surface area contributed by atoms with Crippen molar-refractivity contribution >= 4 is 10.2 Å². The Labute approximate surface area is 148 Å². The lowest BCUT2D eigenvalue weighted by Gasteiger charge is -2.33. The number of hydrogen-bond acceptors (Lipinski definition) is 5. The lowest BCUT2D eigenvalue weighted by molar-refractivity contribution is 0.296. The van der Waals surface area contributed by atoms with Crippen molar-refractivity contribution in [3.05, 3.63) is 30.1 Å². The van der Waals surface area contributed by atoms with E-state index in [4.69, 9.17) is 4.98 Å². The molecule has 0 bridgehead atoms. The van der Waals surface area contributed by atoms with Crippen molar-refractivity contribution in [2.45, 2.75) is 25.7 Å². The Bertz CT molecular complexity index is 861. The molecule has 0 radical (unpaired) electrons. The zero-order valence-electron chi connectivity index (χ0n) is 15.0. The first-order chi connectivity index (χ1) is 11.8.